The number of piperazine rings is 1. The lowest BCUT2D eigenvalue weighted by Gasteiger charge is -2.38. The van der Waals surface area contributed by atoms with Gasteiger partial charge in [0.2, 0.25) is 0 Å². The topological polar surface area (TPSA) is 54.5 Å². The highest BCUT2D eigenvalue weighted by Crippen LogP contribution is 2.26. The van der Waals surface area contributed by atoms with Crippen LogP contribution in [0.2, 0.25) is 0 Å². The van der Waals surface area contributed by atoms with Gasteiger partial charge in [-0.25, -0.2) is 0 Å². The molecule has 6 nitrogen and oxygen atoms in total. The van der Waals surface area contributed by atoms with Crippen LogP contribution in [0.25, 0.3) is 5.82 Å². The first-order valence-electron chi connectivity index (χ1n) is 9.70. The first-order valence-corrected chi connectivity index (χ1v) is 9.70. The summed E-state index contributed by atoms with van der Waals surface area (Å²) in [5.74, 6) is 1.64. The fourth-order valence-corrected chi connectivity index (χ4v) is 4.52. The highest BCUT2D eigenvalue weighted by atomic mass is 16.5. The molecule has 1 amide bonds. The summed E-state index contributed by atoms with van der Waals surface area (Å²) in [5, 5.41) is 4.10. The maximum Gasteiger partial charge on any atom is 0.255 e. The summed E-state index contributed by atoms with van der Waals surface area (Å²) in [6.45, 7) is 9.50. The highest BCUT2D eigenvalue weighted by Gasteiger charge is 2.29. The van der Waals surface area contributed by atoms with Gasteiger partial charge in [0.05, 0.1) is 5.56 Å². The van der Waals surface area contributed by atoms with E-state index in [2.05, 4.69) is 10.1 Å². The molecular formula is C20H28N4O2. The smallest absolute Gasteiger partial charge is 0.255 e. The van der Waals surface area contributed by atoms with Gasteiger partial charge in [0.1, 0.15) is 5.76 Å². The van der Waals surface area contributed by atoms with Crippen molar-refractivity contribution >= 4 is 5.91 Å². The Morgan fingerprint density at radius 2 is 1.77 bits per heavy atom. The Morgan fingerprint density at radius 1 is 1.08 bits per heavy atom. The Kier molecular flexibility index (Phi) is 4.61. The summed E-state index contributed by atoms with van der Waals surface area (Å²) in [6, 6.07) is 4.62. The van der Waals surface area contributed by atoms with Crippen molar-refractivity contribution in [1.82, 2.24) is 19.5 Å². The molecule has 0 unspecified atom stereocenters. The van der Waals surface area contributed by atoms with Gasteiger partial charge in [0.25, 0.3) is 5.91 Å². The molecule has 1 saturated carbocycles. The normalized spacial score (nSPS) is 19.4. The van der Waals surface area contributed by atoms with Crippen molar-refractivity contribution in [3.05, 3.63) is 34.8 Å². The average Bonchev–Trinajstić information content (AvgIpc) is 3.36. The van der Waals surface area contributed by atoms with E-state index in [1.807, 2.05) is 42.4 Å². The molecule has 2 aliphatic rings. The van der Waals surface area contributed by atoms with Crippen molar-refractivity contribution in [2.24, 2.45) is 0 Å². The Labute approximate surface area is 154 Å². The Hall–Kier alpha value is -2.08. The van der Waals surface area contributed by atoms with Crippen molar-refractivity contribution in [1.29, 1.82) is 0 Å². The molecule has 1 aliphatic heterocycles. The Balaban J connectivity index is 1.49. The molecule has 1 saturated heterocycles. The lowest BCUT2D eigenvalue weighted by atomic mass is 10.1. The van der Waals surface area contributed by atoms with E-state index in [1.54, 1.807) is 0 Å². The molecule has 2 aromatic rings. The van der Waals surface area contributed by atoms with Gasteiger partial charge in [0.15, 0.2) is 5.82 Å². The number of hydrogen-bond acceptors (Lipinski definition) is 4. The van der Waals surface area contributed by atoms with Gasteiger partial charge in [-0.2, -0.15) is 0 Å². The van der Waals surface area contributed by atoms with Gasteiger partial charge < -0.3 is 9.42 Å². The molecule has 2 aromatic heterocycles. The molecule has 6 heteroatoms. The zero-order valence-electron chi connectivity index (χ0n) is 16.0. The molecule has 0 atom stereocenters. The van der Waals surface area contributed by atoms with E-state index < -0.39 is 0 Å². The van der Waals surface area contributed by atoms with Crippen molar-refractivity contribution in [2.45, 2.75) is 52.5 Å². The largest absolute Gasteiger partial charge is 0.360 e. The van der Waals surface area contributed by atoms with E-state index in [-0.39, 0.29) is 5.91 Å². The SMILES string of the molecule is Cc1cc(-n2c(C)cc(C(=O)N3CCN(C4CCCC4)CC3)c2C)no1. The molecule has 0 bridgehead atoms. The van der Waals surface area contributed by atoms with E-state index in [1.165, 1.54) is 25.7 Å². The third kappa shape index (κ3) is 3.07. The second kappa shape index (κ2) is 6.91. The van der Waals surface area contributed by atoms with Crippen LogP contribution >= 0.6 is 0 Å². The van der Waals surface area contributed by atoms with Crippen LogP contribution in [0.5, 0.6) is 0 Å². The minimum Gasteiger partial charge on any atom is -0.360 e. The van der Waals surface area contributed by atoms with E-state index in [0.29, 0.717) is 0 Å². The predicted octanol–water partition coefficient (Wildman–Crippen LogP) is 3.09. The molecule has 4 rings (SSSR count). The Morgan fingerprint density at radius 3 is 2.38 bits per heavy atom. The molecule has 3 heterocycles. The molecule has 140 valence electrons. The van der Waals surface area contributed by atoms with Crippen molar-refractivity contribution in [2.75, 3.05) is 26.2 Å². The molecular weight excluding hydrogens is 328 g/mol. The number of rotatable bonds is 3. The van der Waals surface area contributed by atoms with Gasteiger partial charge in [-0.1, -0.05) is 18.0 Å². The molecule has 0 N–H and O–H groups in total. The number of amides is 1. The summed E-state index contributed by atoms with van der Waals surface area (Å²) in [6.07, 6.45) is 5.37. The van der Waals surface area contributed by atoms with Crippen LogP contribution in [0, 0.1) is 20.8 Å². The minimum absolute atomic E-state index is 0.135. The molecule has 0 radical (unpaired) electrons. The van der Waals surface area contributed by atoms with Gasteiger partial charge in [0, 0.05) is 49.7 Å². The second-order valence-electron chi connectivity index (χ2n) is 7.68. The number of aromatic nitrogens is 2. The van der Waals surface area contributed by atoms with E-state index in [4.69, 9.17) is 4.52 Å². The van der Waals surface area contributed by atoms with Crippen LogP contribution in [-0.4, -0.2) is 57.7 Å². The fourth-order valence-electron chi connectivity index (χ4n) is 4.52. The van der Waals surface area contributed by atoms with Crippen LogP contribution in [-0.2, 0) is 0 Å². The summed E-state index contributed by atoms with van der Waals surface area (Å²) < 4.78 is 7.20. The summed E-state index contributed by atoms with van der Waals surface area (Å²) in [4.78, 5) is 17.7. The number of nitrogens with zero attached hydrogens (tertiary/aromatic N) is 4. The third-order valence-electron chi connectivity index (χ3n) is 5.95. The average molecular weight is 356 g/mol. The lowest BCUT2D eigenvalue weighted by Crippen LogP contribution is -2.51. The van der Waals surface area contributed by atoms with Crippen LogP contribution < -0.4 is 0 Å². The van der Waals surface area contributed by atoms with Crippen LogP contribution in [0.1, 0.15) is 53.2 Å². The van der Waals surface area contributed by atoms with Crippen LogP contribution in [0.4, 0.5) is 0 Å². The summed E-state index contributed by atoms with van der Waals surface area (Å²) >= 11 is 0. The molecule has 0 spiro atoms. The maximum atomic E-state index is 13.1. The van der Waals surface area contributed by atoms with Crippen LogP contribution in [0.3, 0.4) is 0 Å². The number of carbonyl (C=O) groups is 1. The molecule has 0 aromatic carbocycles. The van der Waals surface area contributed by atoms with Gasteiger partial charge in [-0.3, -0.25) is 14.3 Å². The minimum atomic E-state index is 0.135. The predicted molar refractivity (Wildman–Crippen MR) is 99.8 cm³/mol. The van der Waals surface area contributed by atoms with Gasteiger partial charge in [-0.05, 0) is 39.7 Å². The van der Waals surface area contributed by atoms with Crippen molar-refractivity contribution in [3.63, 3.8) is 0 Å². The summed E-state index contributed by atoms with van der Waals surface area (Å²) in [7, 11) is 0. The monoisotopic (exact) mass is 356 g/mol. The van der Waals surface area contributed by atoms with Crippen molar-refractivity contribution in [3.8, 4) is 5.82 Å². The Bertz CT molecular complexity index is 793. The van der Waals surface area contributed by atoms with E-state index >= 15 is 0 Å². The first kappa shape index (κ1) is 17.3. The standard InChI is InChI=1S/C20H28N4O2/c1-14-12-18(16(3)24(14)19-13-15(2)26-21-19)20(25)23-10-8-22(9-11-23)17-6-4-5-7-17/h12-13,17H,4-11H2,1-3H3. The van der Waals surface area contributed by atoms with Crippen LogP contribution in [0.15, 0.2) is 16.7 Å². The zero-order valence-corrected chi connectivity index (χ0v) is 16.0. The number of aryl methyl sites for hydroxylation is 2. The van der Waals surface area contributed by atoms with E-state index in [9.17, 15) is 4.79 Å². The third-order valence-corrected chi connectivity index (χ3v) is 5.95. The van der Waals surface area contributed by atoms with Crippen molar-refractivity contribution < 1.29 is 9.32 Å². The highest BCUT2D eigenvalue weighted by molar-refractivity contribution is 5.96. The lowest BCUT2D eigenvalue weighted by molar-refractivity contribution is 0.0572. The molecule has 26 heavy (non-hydrogen) atoms. The van der Waals surface area contributed by atoms with E-state index in [0.717, 1.165) is 60.8 Å². The first-order chi connectivity index (χ1) is 12.5. The number of carbonyl (C=O) groups excluding carboxylic acids is 1. The fraction of sp³-hybridized carbons (Fsp3) is 0.600. The molecule has 2 fully saturated rings. The van der Waals surface area contributed by atoms with Gasteiger partial charge >= 0.3 is 0 Å². The zero-order chi connectivity index (χ0) is 18.3. The maximum absolute atomic E-state index is 13.1. The quantitative estimate of drug-likeness (QED) is 0.848. The molecule has 1 aliphatic carbocycles. The van der Waals surface area contributed by atoms with Gasteiger partial charge in [-0.15, -0.1) is 0 Å². The number of hydrogen-bond donors (Lipinski definition) is 0. The second-order valence-corrected chi connectivity index (χ2v) is 7.68. The summed E-state index contributed by atoms with van der Waals surface area (Å²) in [5.41, 5.74) is 2.71.